The first-order chi connectivity index (χ1) is 40.9. The molecule has 0 amide bonds. The van der Waals surface area contributed by atoms with Crippen molar-refractivity contribution in [2.45, 2.75) is 304 Å². The van der Waals surface area contributed by atoms with E-state index in [4.69, 9.17) is 52.1 Å². The molecular weight excluding hydrogens is 1160 g/mol. The van der Waals surface area contributed by atoms with Gasteiger partial charge in [0, 0.05) is 54.4 Å². The highest BCUT2D eigenvalue weighted by Gasteiger charge is 2.58. The van der Waals surface area contributed by atoms with Gasteiger partial charge in [0.1, 0.15) is 31.5 Å². The molecule has 24 heteroatoms. The van der Waals surface area contributed by atoms with Crippen LogP contribution in [0, 0.1) is 5.92 Å². The molecule has 0 saturated carbocycles. The van der Waals surface area contributed by atoms with Crippen LogP contribution >= 0.6 is 0 Å². The summed E-state index contributed by atoms with van der Waals surface area (Å²) in [6.45, 7) is 9.78. The van der Waals surface area contributed by atoms with E-state index in [2.05, 4.69) is 13.8 Å². The normalized spacial score (nSPS) is 22.4. The number of esters is 7. The Kier molecular flexibility index (Phi) is 40.4. The highest BCUT2D eigenvalue weighted by Crippen LogP contribution is 2.36. The third-order valence-electron chi connectivity index (χ3n) is 15.0. The molecule has 0 bridgehead atoms. The van der Waals surface area contributed by atoms with Crippen molar-refractivity contribution in [3.63, 3.8) is 0 Å². The van der Waals surface area contributed by atoms with E-state index >= 15 is 0 Å². The summed E-state index contributed by atoms with van der Waals surface area (Å²) >= 11 is 0. The third-order valence-corrected chi connectivity index (χ3v) is 18.8. The van der Waals surface area contributed by atoms with E-state index in [0.29, 0.717) is 25.7 Å². The molecule has 0 spiro atoms. The molecule has 2 aliphatic rings. The van der Waals surface area contributed by atoms with Crippen LogP contribution in [0.3, 0.4) is 0 Å². The summed E-state index contributed by atoms with van der Waals surface area (Å²) in [6.07, 6.45) is 13.0. The minimum Gasteiger partial charge on any atom is -0.463 e. The first kappa shape index (κ1) is 78.1. The van der Waals surface area contributed by atoms with E-state index in [9.17, 15) is 50.4 Å². The molecule has 2 heterocycles. The molecule has 500 valence electrons. The summed E-state index contributed by atoms with van der Waals surface area (Å²) in [5.41, 5.74) is 0. The van der Waals surface area contributed by atoms with Gasteiger partial charge in [-0.3, -0.25) is 33.6 Å². The Morgan fingerprint density at radius 1 is 0.349 bits per heavy atom. The van der Waals surface area contributed by atoms with E-state index in [1.54, 1.807) is 0 Å². The second-order valence-corrected chi connectivity index (χ2v) is 27.7. The van der Waals surface area contributed by atoms with Crippen LogP contribution in [0.1, 0.15) is 242 Å². The SMILES string of the molecule is CCCCCCCCCCCCCCCCS(=O)(=O)CC(CO[C@H]1O[C@H](COC(C)=O)[C@H](O[C@@H]2O[C@H](COC(C)=O)[C@H](OC(C)=O)[C@H](OC(C)=O)[C@H]2OC(C)=O)[C@H](OC(C)=O)[C@H]1OC(C)=O)CS(=O)(=O)CCCCCCCCCCCCCCCC. The lowest BCUT2D eigenvalue weighted by Crippen LogP contribution is -2.67. The molecule has 2 aliphatic heterocycles. The lowest BCUT2D eigenvalue weighted by molar-refractivity contribution is -0.361. The van der Waals surface area contributed by atoms with E-state index in [1.807, 2.05) is 0 Å². The zero-order valence-corrected chi connectivity index (χ0v) is 55.0. The Morgan fingerprint density at radius 2 is 0.628 bits per heavy atom. The van der Waals surface area contributed by atoms with Gasteiger partial charge in [-0.15, -0.1) is 0 Å². The van der Waals surface area contributed by atoms with E-state index in [-0.39, 0.29) is 11.5 Å². The summed E-state index contributed by atoms with van der Waals surface area (Å²) < 4.78 is 120. The second kappa shape index (κ2) is 44.5. The number of hydrogen-bond donors (Lipinski definition) is 0. The molecule has 0 aliphatic carbocycles. The fourth-order valence-electron chi connectivity index (χ4n) is 10.9. The lowest BCUT2D eigenvalue weighted by atomic mass is 9.96. The second-order valence-electron chi connectivity index (χ2n) is 23.3. The van der Waals surface area contributed by atoms with Gasteiger partial charge in [-0.25, -0.2) is 16.8 Å². The number of rotatable bonds is 48. The Bertz CT molecular complexity index is 2130. The van der Waals surface area contributed by atoms with Crippen molar-refractivity contribution in [2.75, 3.05) is 42.8 Å². The molecule has 0 N–H and O–H groups in total. The van der Waals surface area contributed by atoms with Crippen LogP contribution in [0.5, 0.6) is 0 Å². The molecule has 0 radical (unpaired) electrons. The zero-order valence-electron chi connectivity index (χ0n) is 53.4. The van der Waals surface area contributed by atoms with Crippen LogP contribution in [0.25, 0.3) is 0 Å². The Labute approximate surface area is 514 Å². The molecule has 86 heavy (non-hydrogen) atoms. The van der Waals surface area contributed by atoms with Crippen molar-refractivity contribution in [1.82, 2.24) is 0 Å². The number of sulfone groups is 2. The highest BCUT2D eigenvalue weighted by atomic mass is 32.2. The number of carbonyl (C=O) groups is 7. The van der Waals surface area contributed by atoms with Crippen molar-refractivity contribution in [3.05, 3.63) is 0 Å². The van der Waals surface area contributed by atoms with Gasteiger partial charge < -0.3 is 52.1 Å². The monoisotopic (exact) mass is 1270 g/mol. The van der Waals surface area contributed by atoms with Crippen LogP contribution < -0.4 is 0 Å². The van der Waals surface area contributed by atoms with E-state index < -0.39 is 160 Å². The summed E-state index contributed by atoms with van der Waals surface area (Å²) in [5, 5.41) is 0. The van der Waals surface area contributed by atoms with Gasteiger partial charge >= 0.3 is 41.8 Å². The van der Waals surface area contributed by atoms with Gasteiger partial charge in [-0.1, -0.05) is 181 Å². The van der Waals surface area contributed by atoms with Crippen LogP contribution in [0.15, 0.2) is 0 Å². The van der Waals surface area contributed by atoms with Gasteiger partial charge in [-0.05, 0) is 12.8 Å². The summed E-state index contributed by atoms with van der Waals surface area (Å²) in [5.74, 6) is -9.06. The number of ether oxygens (including phenoxy) is 11. The fraction of sp³-hybridized carbons (Fsp3) is 0.887. The number of carbonyl (C=O) groups excluding carboxylic acids is 7. The quantitative estimate of drug-likeness (QED) is 0.0311. The van der Waals surface area contributed by atoms with Crippen LogP contribution in [0.4, 0.5) is 0 Å². The van der Waals surface area contributed by atoms with Crippen LogP contribution in [0.2, 0.25) is 0 Å². The van der Waals surface area contributed by atoms with E-state index in [1.165, 1.54) is 103 Å². The standard InChI is InChI=1S/C62H108O22S2/c1-10-12-14-16-18-20-22-24-26-28-30-32-34-36-38-85(70,71)43-52(44-86(72,73)39-37-35-33-31-29-27-25-23-21-19-17-15-13-11-2)40-76-61-59(80-50(8)68)58(79-49(7)67)56(54(82-61)42-75-46(4)64)84-62-60(81-51(9)69)57(78-48(6)66)55(77-47(5)65)53(83-62)41-74-45(3)63/h52-62H,10-44H2,1-9H3/t53-,54-,55+,56+,57+,58+,59-,60-,61+,62+/m1/s1. The maximum absolute atomic E-state index is 14.0. The summed E-state index contributed by atoms with van der Waals surface area (Å²) in [7, 11) is -7.78. The molecule has 0 unspecified atom stereocenters. The fourth-order valence-corrected chi connectivity index (χ4v) is 14.5. The molecular formula is C62H108O22S2. The van der Waals surface area contributed by atoms with Crippen molar-refractivity contribution < 1.29 is 103 Å². The average Bonchev–Trinajstić information content (AvgIpc) is 0.903. The van der Waals surface area contributed by atoms with Crippen LogP contribution in [-0.4, -0.2) is 163 Å². The Balaban J connectivity index is 2.46. The first-order valence-corrected chi connectivity index (χ1v) is 35.6. The average molecular weight is 1270 g/mol. The van der Waals surface area contributed by atoms with E-state index in [0.717, 1.165) is 99.8 Å². The lowest BCUT2D eigenvalue weighted by Gasteiger charge is -2.48. The van der Waals surface area contributed by atoms with Gasteiger partial charge in [0.05, 0.1) is 29.6 Å². The topological polar surface area (TPSA) is 289 Å². The molecule has 22 nitrogen and oxygen atoms in total. The Morgan fingerprint density at radius 3 is 0.965 bits per heavy atom. The molecule has 0 aromatic rings. The maximum atomic E-state index is 14.0. The van der Waals surface area contributed by atoms with Crippen LogP contribution in [-0.2, 0) is 105 Å². The van der Waals surface area contributed by atoms with Gasteiger partial charge in [-0.2, -0.15) is 0 Å². The predicted molar refractivity (Wildman–Crippen MR) is 321 cm³/mol. The van der Waals surface area contributed by atoms with Crippen molar-refractivity contribution in [2.24, 2.45) is 5.92 Å². The smallest absolute Gasteiger partial charge is 0.303 e. The zero-order chi connectivity index (χ0) is 63.9. The van der Waals surface area contributed by atoms with Gasteiger partial charge in [0.25, 0.3) is 0 Å². The van der Waals surface area contributed by atoms with Crippen molar-refractivity contribution >= 4 is 61.5 Å². The van der Waals surface area contributed by atoms with Crippen molar-refractivity contribution in [1.29, 1.82) is 0 Å². The Hall–Kier alpha value is -3.97. The molecule has 0 aromatic heterocycles. The van der Waals surface area contributed by atoms with Gasteiger partial charge in [0.2, 0.25) is 0 Å². The minimum absolute atomic E-state index is 0.187. The largest absolute Gasteiger partial charge is 0.463 e. The van der Waals surface area contributed by atoms with Gasteiger partial charge in [0.15, 0.2) is 62.8 Å². The highest BCUT2D eigenvalue weighted by molar-refractivity contribution is 7.92. The predicted octanol–water partition coefficient (Wildman–Crippen LogP) is 10.0. The maximum Gasteiger partial charge on any atom is 0.303 e. The van der Waals surface area contributed by atoms with Crippen molar-refractivity contribution in [3.8, 4) is 0 Å². The molecule has 10 atom stereocenters. The molecule has 2 rings (SSSR count). The number of hydrogen-bond acceptors (Lipinski definition) is 22. The third kappa shape index (κ3) is 35.3. The summed E-state index contributed by atoms with van der Waals surface area (Å²) in [4.78, 5) is 88.4. The molecule has 0 aromatic carbocycles. The first-order valence-electron chi connectivity index (χ1n) is 32.0. The molecule has 2 saturated heterocycles. The summed E-state index contributed by atoms with van der Waals surface area (Å²) in [6, 6.07) is 0. The molecule has 2 fully saturated rings. The number of unbranched alkanes of at least 4 members (excludes halogenated alkanes) is 26. The minimum atomic E-state index is -3.89.